The summed E-state index contributed by atoms with van der Waals surface area (Å²) in [5.41, 5.74) is 6.29. The van der Waals surface area contributed by atoms with E-state index in [1.165, 1.54) is 38.5 Å². The summed E-state index contributed by atoms with van der Waals surface area (Å²) in [5, 5.41) is 5.45. The van der Waals surface area contributed by atoms with Crippen LogP contribution in [0.15, 0.2) is 24.3 Å². The van der Waals surface area contributed by atoms with E-state index >= 15 is 0 Å². The van der Waals surface area contributed by atoms with Crippen molar-refractivity contribution in [2.75, 3.05) is 5.32 Å². The number of hydrogen-bond donors (Lipinski definition) is 4. The molecule has 1 aromatic rings. The lowest BCUT2D eigenvalue weighted by Gasteiger charge is -2.56. The van der Waals surface area contributed by atoms with E-state index in [0.29, 0.717) is 17.7 Å². The number of nitrogens with one attached hydrogen (secondary N) is 4. The first-order chi connectivity index (χ1) is 14.3. The molecule has 0 spiro atoms. The van der Waals surface area contributed by atoms with Crippen LogP contribution >= 0.6 is 0 Å². The normalized spacial score (nSPS) is 28.8. The Kier molecular flexibility index (Phi) is 5.71. The smallest absolute Gasteiger partial charge is 0.319 e. The van der Waals surface area contributed by atoms with Gasteiger partial charge in [-0.1, -0.05) is 0 Å². The van der Waals surface area contributed by atoms with Crippen molar-refractivity contribution in [1.29, 1.82) is 0 Å². The molecule has 0 aliphatic heterocycles. The van der Waals surface area contributed by atoms with Gasteiger partial charge in [0.15, 0.2) is 0 Å². The van der Waals surface area contributed by atoms with E-state index in [0.717, 1.165) is 17.8 Å². The number of rotatable bonds is 5. The number of carbonyl (C=O) groups is 3. The van der Waals surface area contributed by atoms with E-state index in [4.69, 9.17) is 0 Å². The van der Waals surface area contributed by atoms with Crippen LogP contribution < -0.4 is 21.5 Å². The quantitative estimate of drug-likeness (QED) is 0.556. The minimum Gasteiger partial charge on any atom is -0.336 e. The third kappa shape index (κ3) is 4.77. The Morgan fingerprint density at radius 1 is 0.933 bits per heavy atom. The Bertz CT molecular complexity index is 783. The molecule has 4 amide bonds. The average Bonchev–Trinajstić information content (AvgIpc) is 2.64. The van der Waals surface area contributed by atoms with Gasteiger partial charge in [0, 0.05) is 23.7 Å². The molecule has 7 heteroatoms. The molecule has 7 nitrogen and oxygen atoms in total. The minimum atomic E-state index is -0.368. The van der Waals surface area contributed by atoms with Gasteiger partial charge in [-0.25, -0.2) is 4.79 Å². The van der Waals surface area contributed by atoms with Gasteiger partial charge in [0.2, 0.25) is 5.91 Å². The first-order valence-electron chi connectivity index (χ1n) is 11.1. The van der Waals surface area contributed by atoms with Gasteiger partial charge in [-0.15, -0.1) is 0 Å². The summed E-state index contributed by atoms with van der Waals surface area (Å²) in [4.78, 5) is 36.6. The number of carbonyl (C=O) groups excluding carboxylic acids is 3. The average molecular weight is 413 g/mol. The zero-order valence-electron chi connectivity index (χ0n) is 17.8. The fourth-order valence-electron chi connectivity index (χ4n) is 6.22. The zero-order valence-corrected chi connectivity index (χ0v) is 17.8. The van der Waals surface area contributed by atoms with Gasteiger partial charge in [0.25, 0.3) is 5.91 Å². The van der Waals surface area contributed by atoms with Crippen molar-refractivity contribution >= 4 is 23.5 Å². The summed E-state index contributed by atoms with van der Waals surface area (Å²) in [7, 11) is 0. The molecule has 0 saturated heterocycles. The second kappa shape index (κ2) is 8.28. The number of anilines is 1. The molecule has 0 atom stereocenters. The van der Waals surface area contributed by atoms with Crippen LogP contribution in [-0.2, 0) is 4.79 Å². The van der Waals surface area contributed by atoms with Gasteiger partial charge < -0.3 is 10.6 Å². The van der Waals surface area contributed by atoms with Crippen LogP contribution in [0, 0.1) is 23.2 Å². The second-order valence-corrected chi connectivity index (χ2v) is 9.93. The van der Waals surface area contributed by atoms with E-state index in [-0.39, 0.29) is 29.3 Å². The molecular formula is C23H32N4O3. The Morgan fingerprint density at radius 3 is 2.03 bits per heavy atom. The van der Waals surface area contributed by atoms with Crippen LogP contribution in [0.25, 0.3) is 0 Å². The topological polar surface area (TPSA) is 99.3 Å². The van der Waals surface area contributed by atoms with Crippen LogP contribution in [0.4, 0.5) is 10.5 Å². The molecule has 4 fully saturated rings. The number of hydrogen-bond acceptors (Lipinski definition) is 3. The molecule has 30 heavy (non-hydrogen) atoms. The molecule has 5 rings (SSSR count). The van der Waals surface area contributed by atoms with E-state index in [1.54, 1.807) is 24.3 Å². The molecule has 4 aliphatic carbocycles. The monoisotopic (exact) mass is 412 g/mol. The molecule has 162 valence electrons. The van der Waals surface area contributed by atoms with Crippen molar-refractivity contribution in [3.8, 4) is 0 Å². The molecule has 0 radical (unpaired) electrons. The highest BCUT2D eigenvalue weighted by Crippen LogP contribution is 2.61. The second-order valence-electron chi connectivity index (χ2n) is 9.93. The largest absolute Gasteiger partial charge is 0.336 e. The molecule has 0 unspecified atom stereocenters. The van der Waals surface area contributed by atoms with Crippen LogP contribution in [0.1, 0.15) is 69.2 Å². The molecule has 4 N–H and O–H groups in total. The molecule has 4 bridgehead atoms. The Hall–Kier alpha value is -2.57. The highest BCUT2D eigenvalue weighted by atomic mass is 16.2. The zero-order chi connectivity index (χ0) is 21.3. The molecule has 1 aromatic carbocycles. The van der Waals surface area contributed by atoms with E-state index < -0.39 is 0 Å². The highest BCUT2D eigenvalue weighted by molar-refractivity contribution is 5.96. The number of amides is 4. The molecular weight excluding hydrogens is 380 g/mol. The van der Waals surface area contributed by atoms with Gasteiger partial charge in [0.05, 0.1) is 0 Å². The Morgan fingerprint density at radius 2 is 1.50 bits per heavy atom. The van der Waals surface area contributed by atoms with E-state index in [2.05, 4.69) is 21.5 Å². The number of urea groups is 1. The van der Waals surface area contributed by atoms with E-state index in [9.17, 15) is 14.4 Å². The first kappa shape index (κ1) is 20.7. The molecule has 4 aliphatic rings. The van der Waals surface area contributed by atoms with Crippen LogP contribution in [0.2, 0.25) is 0 Å². The van der Waals surface area contributed by atoms with Crippen LogP contribution in [0.5, 0.6) is 0 Å². The van der Waals surface area contributed by atoms with E-state index in [1.807, 2.05) is 13.8 Å². The van der Waals surface area contributed by atoms with Gasteiger partial charge in [-0.2, -0.15) is 0 Å². The Balaban J connectivity index is 1.25. The summed E-state index contributed by atoms with van der Waals surface area (Å²) in [5.74, 6) is 1.93. The molecule has 0 heterocycles. The lowest BCUT2D eigenvalue weighted by atomic mass is 9.49. The van der Waals surface area contributed by atoms with Crippen molar-refractivity contribution < 1.29 is 14.4 Å². The Labute approximate surface area is 177 Å². The fourth-order valence-corrected chi connectivity index (χ4v) is 6.22. The highest BCUT2D eigenvalue weighted by Gasteiger charge is 2.51. The standard InChI is InChI=1S/C23H32N4O3/c1-14(2)24-22(30)25-19-5-3-18(4-6-19)21(29)27-26-20(28)13-23-10-15-7-16(11-23)9-17(8-15)12-23/h3-6,14-17H,7-13H2,1-2H3,(H,26,28)(H,27,29)(H2,24,25,30). The summed E-state index contributed by atoms with van der Waals surface area (Å²) >= 11 is 0. The number of hydrazine groups is 1. The maximum absolute atomic E-state index is 12.5. The lowest BCUT2D eigenvalue weighted by Crippen LogP contribution is -2.50. The van der Waals surface area contributed by atoms with Crippen molar-refractivity contribution in [3.05, 3.63) is 29.8 Å². The molecule has 0 aromatic heterocycles. The third-order valence-electron chi connectivity index (χ3n) is 6.84. The predicted octanol–water partition coefficient (Wildman–Crippen LogP) is 3.58. The summed E-state index contributed by atoms with van der Waals surface area (Å²) < 4.78 is 0. The van der Waals surface area contributed by atoms with Gasteiger partial charge in [-0.05, 0) is 99.8 Å². The summed E-state index contributed by atoms with van der Waals surface area (Å²) in [6.07, 6.45) is 8.05. The summed E-state index contributed by atoms with van der Waals surface area (Å²) in [6.45, 7) is 3.76. The van der Waals surface area contributed by atoms with Crippen LogP contribution in [-0.4, -0.2) is 23.9 Å². The van der Waals surface area contributed by atoms with Crippen molar-refractivity contribution in [1.82, 2.24) is 16.2 Å². The predicted molar refractivity (Wildman–Crippen MR) is 115 cm³/mol. The SMILES string of the molecule is CC(C)NC(=O)Nc1ccc(C(=O)NNC(=O)CC23CC4CC(CC(C4)C2)C3)cc1. The third-order valence-corrected chi connectivity index (χ3v) is 6.84. The lowest BCUT2D eigenvalue weighted by molar-refractivity contribution is -0.130. The maximum atomic E-state index is 12.5. The first-order valence-corrected chi connectivity index (χ1v) is 11.1. The fraction of sp³-hybridized carbons (Fsp3) is 0.609. The van der Waals surface area contributed by atoms with Crippen LogP contribution in [0.3, 0.4) is 0 Å². The van der Waals surface area contributed by atoms with Crippen molar-refractivity contribution in [2.45, 2.75) is 64.8 Å². The van der Waals surface area contributed by atoms with Crippen molar-refractivity contribution in [3.63, 3.8) is 0 Å². The van der Waals surface area contributed by atoms with Gasteiger partial charge >= 0.3 is 6.03 Å². The van der Waals surface area contributed by atoms with Gasteiger partial charge in [0.1, 0.15) is 0 Å². The maximum Gasteiger partial charge on any atom is 0.319 e. The summed E-state index contributed by atoms with van der Waals surface area (Å²) in [6, 6.07) is 6.30. The number of benzene rings is 1. The van der Waals surface area contributed by atoms with Crippen molar-refractivity contribution in [2.24, 2.45) is 23.2 Å². The van der Waals surface area contributed by atoms with Gasteiger partial charge in [-0.3, -0.25) is 20.4 Å². The molecule has 4 saturated carbocycles. The minimum absolute atomic E-state index is 0.0390.